The van der Waals surface area contributed by atoms with Crippen LogP contribution in [-0.4, -0.2) is 48.3 Å². The summed E-state index contributed by atoms with van der Waals surface area (Å²) in [5, 5.41) is 15.3. The molecule has 0 saturated carbocycles. The fourth-order valence-electron chi connectivity index (χ4n) is 1.80. The number of hydrogen-bond acceptors (Lipinski definition) is 5. The van der Waals surface area contributed by atoms with Gasteiger partial charge in [0.15, 0.2) is 0 Å². The van der Waals surface area contributed by atoms with Crippen LogP contribution in [-0.2, 0) is 4.79 Å². The molecule has 106 valence electrons. The van der Waals surface area contributed by atoms with Gasteiger partial charge in [-0.2, -0.15) is 0 Å². The Kier molecular flexibility index (Phi) is 9.83. The summed E-state index contributed by atoms with van der Waals surface area (Å²) in [6.07, 6.45) is 5.39. The molecule has 18 heavy (non-hydrogen) atoms. The van der Waals surface area contributed by atoms with Crippen LogP contribution in [0.3, 0.4) is 0 Å². The number of amides is 1. The lowest BCUT2D eigenvalue weighted by Crippen LogP contribution is -2.32. The van der Waals surface area contributed by atoms with E-state index in [0.29, 0.717) is 19.5 Å². The number of nitrogens with one attached hydrogen (secondary N) is 2. The van der Waals surface area contributed by atoms with E-state index in [0.717, 1.165) is 24.6 Å². The van der Waals surface area contributed by atoms with Crippen molar-refractivity contribution in [1.29, 1.82) is 0 Å². The lowest BCUT2D eigenvalue weighted by molar-refractivity contribution is -0.121. The molecule has 0 aliphatic carbocycles. The zero-order chi connectivity index (χ0) is 13.1. The average Bonchev–Trinajstić information content (AvgIpc) is 2.87. The van der Waals surface area contributed by atoms with Gasteiger partial charge in [-0.25, -0.2) is 0 Å². The molecule has 1 fully saturated rings. The maximum Gasteiger partial charge on any atom is 0.220 e. The SMILES string of the molecule is O=C(CCCCC1CCSS1)NCCNCCO. The Labute approximate surface area is 117 Å². The molecule has 6 heteroatoms. The van der Waals surface area contributed by atoms with Crippen LogP contribution in [0.1, 0.15) is 32.1 Å². The van der Waals surface area contributed by atoms with Crippen LogP contribution in [0.4, 0.5) is 0 Å². The number of carbonyl (C=O) groups excluding carboxylic acids is 1. The highest BCUT2D eigenvalue weighted by Crippen LogP contribution is 2.39. The van der Waals surface area contributed by atoms with Crippen LogP contribution in [0.15, 0.2) is 0 Å². The van der Waals surface area contributed by atoms with E-state index in [2.05, 4.69) is 10.6 Å². The largest absolute Gasteiger partial charge is 0.395 e. The number of carbonyl (C=O) groups is 1. The van der Waals surface area contributed by atoms with Crippen LogP contribution in [0.2, 0.25) is 0 Å². The van der Waals surface area contributed by atoms with Crippen molar-refractivity contribution in [3.63, 3.8) is 0 Å². The molecule has 0 radical (unpaired) electrons. The van der Waals surface area contributed by atoms with Gasteiger partial charge in [-0.15, -0.1) is 0 Å². The fourth-order valence-corrected chi connectivity index (χ4v) is 4.83. The monoisotopic (exact) mass is 292 g/mol. The molecule has 1 saturated heterocycles. The molecule has 1 atom stereocenters. The second kappa shape index (κ2) is 11.0. The van der Waals surface area contributed by atoms with E-state index in [4.69, 9.17) is 5.11 Å². The van der Waals surface area contributed by atoms with Crippen LogP contribution >= 0.6 is 21.6 Å². The van der Waals surface area contributed by atoms with Crippen molar-refractivity contribution in [3.05, 3.63) is 0 Å². The predicted molar refractivity (Wildman–Crippen MR) is 79.9 cm³/mol. The summed E-state index contributed by atoms with van der Waals surface area (Å²) in [4.78, 5) is 11.5. The van der Waals surface area contributed by atoms with Crippen molar-refractivity contribution in [2.75, 3.05) is 32.0 Å². The summed E-state index contributed by atoms with van der Waals surface area (Å²) in [7, 11) is 3.99. The highest BCUT2D eigenvalue weighted by atomic mass is 33.1. The van der Waals surface area contributed by atoms with Gasteiger partial charge in [-0.3, -0.25) is 4.79 Å². The van der Waals surface area contributed by atoms with Gasteiger partial charge in [0, 0.05) is 37.1 Å². The minimum absolute atomic E-state index is 0.144. The molecule has 0 bridgehead atoms. The molecular weight excluding hydrogens is 268 g/mol. The average molecular weight is 292 g/mol. The minimum atomic E-state index is 0.144. The maximum atomic E-state index is 11.5. The molecule has 0 aromatic carbocycles. The second-order valence-electron chi connectivity index (χ2n) is 4.40. The van der Waals surface area contributed by atoms with Crippen LogP contribution in [0.25, 0.3) is 0 Å². The minimum Gasteiger partial charge on any atom is -0.395 e. The van der Waals surface area contributed by atoms with Crippen molar-refractivity contribution >= 4 is 27.5 Å². The predicted octanol–water partition coefficient (Wildman–Crippen LogP) is 1.40. The maximum absolute atomic E-state index is 11.5. The van der Waals surface area contributed by atoms with E-state index in [-0.39, 0.29) is 12.5 Å². The van der Waals surface area contributed by atoms with Crippen molar-refractivity contribution in [3.8, 4) is 0 Å². The molecule has 1 unspecified atom stereocenters. The van der Waals surface area contributed by atoms with Crippen molar-refractivity contribution in [2.45, 2.75) is 37.4 Å². The topological polar surface area (TPSA) is 61.4 Å². The smallest absolute Gasteiger partial charge is 0.220 e. The van der Waals surface area contributed by atoms with Crippen molar-refractivity contribution in [1.82, 2.24) is 10.6 Å². The first kappa shape index (κ1) is 16.1. The third-order valence-electron chi connectivity index (χ3n) is 2.82. The molecule has 4 nitrogen and oxygen atoms in total. The summed E-state index contributed by atoms with van der Waals surface area (Å²) < 4.78 is 0. The zero-order valence-corrected chi connectivity index (χ0v) is 12.5. The molecule has 1 aliphatic heterocycles. The third kappa shape index (κ3) is 8.24. The standard InChI is InChI=1S/C12H24N2O2S2/c15-9-8-13-6-7-14-12(16)4-2-1-3-11-5-10-17-18-11/h11,13,15H,1-10H2,(H,14,16). The summed E-state index contributed by atoms with van der Waals surface area (Å²) in [6.45, 7) is 2.11. The molecule has 0 aromatic heterocycles. The number of rotatable bonds is 10. The first-order valence-corrected chi connectivity index (χ1v) is 9.07. The molecule has 1 rings (SSSR count). The third-order valence-corrected chi connectivity index (χ3v) is 5.83. The van der Waals surface area contributed by atoms with Crippen LogP contribution < -0.4 is 10.6 Å². The van der Waals surface area contributed by atoms with Gasteiger partial charge in [0.1, 0.15) is 0 Å². The van der Waals surface area contributed by atoms with E-state index >= 15 is 0 Å². The Morgan fingerprint density at radius 2 is 2.17 bits per heavy atom. The van der Waals surface area contributed by atoms with Gasteiger partial charge in [-0.05, 0) is 19.3 Å². The number of unbranched alkanes of at least 4 members (excludes halogenated alkanes) is 1. The molecule has 0 aromatic rings. The molecule has 0 spiro atoms. The highest BCUT2D eigenvalue weighted by molar-refractivity contribution is 8.77. The van der Waals surface area contributed by atoms with Gasteiger partial charge in [0.2, 0.25) is 5.91 Å². The quantitative estimate of drug-likeness (QED) is 0.420. The molecular formula is C12H24N2O2S2. The van der Waals surface area contributed by atoms with Gasteiger partial charge >= 0.3 is 0 Å². The first-order valence-electron chi connectivity index (χ1n) is 6.69. The molecule has 1 amide bonds. The zero-order valence-electron chi connectivity index (χ0n) is 10.8. The van der Waals surface area contributed by atoms with Crippen LogP contribution in [0.5, 0.6) is 0 Å². The number of aliphatic hydroxyl groups is 1. The van der Waals surface area contributed by atoms with Crippen LogP contribution in [0, 0.1) is 0 Å². The van der Waals surface area contributed by atoms with E-state index in [1.54, 1.807) is 0 Å². The molecule has 1 heterocycles. The Hall–Kier alpha value is 0.0900. The summed E-state index contributed by atoms with van der Waals surface area (Å²) in [6, 6.07) is 0. The van der Waals surface area contributed by atoms with Gasteiger partial charge in [0.05, 0.1) is 6.61 Å². The normalized spacial score (nSPS) is 19.1. The van der Waals surface area contributed by atoms with Crippen molar-refractivity contribution in [2.24, 2.45) is 0 Å². The summed E-state index contributed by atoms with van der Waals surface area (Å²) in [5.41, 5.74) is 0. The Bertz CT molecular complexity index is 224. The lowest BCUT2D eigenvalue weighted by atomic mass is 10.1. The highest BCUT2D eigenvalue weighted by Gasteiger charge is 2.15. The van der Waals surface area contributed by atoms with Crippen molar-refractivity contribution < 1.29 is 9.90 Å². The molecule has 1 aliphatic rings. The number of aliphatic hydroxyl groups excluding tert-OH is 1. The summed E-state index contributed by atoms with van der Waals surface area (Å²) >= 11 is 0. The first-order chi connectivity index (χ1) is 8.83. The van der Waals surface area contributed by atoms with Gasteiger partial charge in [-0.1, -0.05) is 28.0 Å². The Morgan fingerprint density at radius 1 is 1.28 bits per heavy atom. The lowest BCUT2D eigenvalue weighted by Gasteiger charge is -2.08. The molecule has 3 N–H and O–H groups in total. The second-order valence-corrected chi connectivity index (χ2v) is 7.19. The van der Waals surface area contributed by atoms with E-state index in [1.165, 1.54) is 18.6 Å². The van der Waals surface area contributed by atoms with E-state index in [1.807, 2.05) is 21.6 Å². The Morgan fingerprint density at radius 3 is 2.89 bits per heavy atom. The fraction of sp³-hybridized carbons (Fsp3) is 0.917. The van der Waals surface area contributed by atoms with E-state index < -0.39 is 0 Å². The number of hydrogen-bond donors (Lipinski definition) is 3. The van der Waals surface area contributed by atoms with Gasteiger partial charge < -0.3 is 15.7 Å². The van der Waals surface area contributed by atoms with E-state index in [9.17, 15) is 4.79 Å². The van der Waals surface area contributed by atoms with Gasteiger partial charge in [0.25, 0.3) is 0 Å². The Balaban J connectivity index is 1.84. The summed E-state index contributed by atoms with van der Waals surface area (Å²) in [5.74, 6) is 1.44.